The van der Waals surface area contributed by atoms with Crippen LogP contribution in [0.2, 0.25) is 0 Å². The summed E-state index contributed by atoms with van der Waals surface area (Å²) in [5, 5.41) is 2.87. The van der Waals surface area contributed by atoms with Crippen molar-refractivity contribution in [2.45, 2.75) is 25.4 Å². The summed E-state index contributed by atoms with van der Waals surface area (Å²) in [5.74, 6) is -1.44. The van der Waals surface area contributed by atoms with Crippen LogP contribution in [-0.4, -0.2) is 39.9 Å². The molecule has 132 valence electrons. The van der Waals surface area contributed by atoms with E-state index < -0.39 is 17.5 Å². The lowest BCUT2D eigenvalue weighted by Crippen LogP contribution is -2.47. The summed E-state index contributed by atoms with van der Waals surface area (Å²) in [6.07, 6.45) is 4.41. The van der Waals surface area contributed by atoms with Crippen LogP contribution in [-0.2, 0) is 6.54 Å². The Morgan fingerprint density at radius 2 is 2.00 bits per heavy atom. The number of benzene rings is 1. The number of rotatable bonds is 4. The molecule has 1 amide bonds. The molecule has 0 unspecified atom stereocenters. The molecule has 25 heavy (non-hydrogen) atoms. The third-order valence-electron chi connectivity index (χ3n) is 4.23. The molecule has 1 aliphatic rings. The molecular weight excluding hydrogens is 328 g/mol. The molecule has 0 radical (unpaired) electrons. The van der Waals surface area contributed by atoms with Crippen molar-refractivity contribution in [2.75, 3.05) is 18.8 Å². The van der Waals surface area contributed by atoms with Crippen LogP contribution in [0.15, 0.2) is 30.6 Å². The molecule has 1 atom stereocenters. The molecule has 1 fully saturated rings. The minimum atomic E-state index is -0.557. The molecule has 1 aliphatic heterocycles. The van der Waals surface area contributed by atoms with Crippen LogP contribution in [0.5, 0.6) is 0 Å². The maximum absolute atomic E-state index is 13.8. The molecule has 2 heterocycles. The Morgan fingerprint density at radius 3 is 2.72 bits per heavy atom. The van der Waals surface area contributed by atoms with Crippen LogP contribution in [0.25, 0.3) is 0 Å². The van der Waals surface area contributed by atoms with Crippen molar-refractivity contribution in [3.63, 3.8) is 0 Å². The second-order valence-corrected chi connectivity index (χ2v) is 6.04. The maximum atomic E-state index is 13.8. The number of amides is 1. The normalized spacial score (nSPS) is 18.1. The van der Waals surface area contributed by atoms with Gasteiger partial charge in [-0.15, -0.1) is 0 Å². The van der Waals surface area contributed by atoms with Gasteiger partial charge in [-0.25, -0.2) is 18.7 Å². The van der Waals surface area contributed by atoms with Gasteiger partial charge < -0.3 is 11.1 Å². The van der Waals surface area contributed by atoms with E-state index in [1.54, 1.807) is 0 Å². The fraction of sp³-hybridized carbons (Fsp3) is 0.353. The van der Waals surface area contributed by atoms with Gasteiger partial charge in [0, 0.05) is 37.1 Å². The molecule has 1 saturated heterocycles. The van der Waals surface area contributed by atoms with Crippen LogP contribution in [0.4, 0.5) is 14.6 Å². The van der Waals surface area contributed by atoms with Crippen molar-refractivity contribution in [3.05, 3.63) is 53.5 Å². The molecule has 6 nitrogen and oxygen atoms in total. The van der Waals surface area contributed by atoms with Crippen molar-refractivity contribution in [2.24, 2.45) is 0 Å². The summed E-state index contributed by atoms with van der Waals surface area (Å²) in [6, 6.07) is 3.70. The molecule has 1 aromatic heterocycles. The smallest absolute Gasteiger partial charge is 0.273 e. The van der Waals surface area contributed by atoms with Crippen molar-refractivity contribution in [3.8, 4) is 0 Å². The van der Waals surface area contributed by atoms with Crippen LogP contribution in [0, 0.1) is 11.6 Å². The SMILES string of the molecule is Nc1nccnc1C(=O)N[C@H]1CCCN(Cc2c(F)cccc2F)C1. The molecule has 0 aliphatic carbocycles. The van der Waals surface area contributed by atoms with Gasteiger partial charge in [0.15, 0.2) is 11.5 Å². The van der Waals surface area contributed by atoms with Crippen molar-refractivity contribution < 1.29 is 13.6 Å². The topological polar surface area (TPSA) is 84.1 Å². The molecule has 0 saturated carbocycles. The zero-order valence-corrected chi connectivity index (χ0v) is 13.6. The third kappa shape index (κ3) is 4.08. The Morgan fingerprint density at radius 1 is 1.28 bits per heavy atom. The number of aromatic nitrogens is 2. The number of nitrogens with zero attached hydrogens (tertiary/aromatic N) is 3. The van der Waals surface area contributed by atoms with Gasteiger partial charge in [-0.3, -0.25) is 9.69 Å². The average molecular weight is 347 g/mol. The number of hydrogen-bond donors (Lipinski definition) is 2. The molecular formula is C17H19F2N5O. The first-order valence-corrected chi connectivity index (χ1v) is 8.07. The van der Waals surface area contributed by atoms with E-state index in [4.69, 9.17) is 5.73 Å². The Balaban J connectivity index is 1.63. The number of halogens is 2. The van der Waals surface area contributed by atoms with Gasteiger partial charge in [0.25, 0.3) is 5.91 Å². The van der Waals surface area contributed by atoms with Crippen molar-refractivity contribution in [1.29, 1.82) is 0 Å². The summed E-state index contributed by atoms with van der Waals surface area (Å²) in [4.78, 5) is 22.0. The molecule has 1 aromatic carbocycles. The number of carbonyl (C=O) groups is 1. The first-order valence-electron chi connectivity index (χ1n) is 8.07. The highest BCUT2D eigenvalue weighted by molar-refractivity contribution is 5.96. The van der Waals surface area contributed by atoms with E-state index in [0.717, 1.165) is 12.8 Å². The number of nitrogens with two attached hydrogens (primary N) is 1. The zero-order valence-electron chi connectivity index (χ0n) is 13.6. The first-order chi connectivity index (χ1) is 12.0. The summed E-state index contributed by atoms with van der Waals surface area (Å²) in [7, 11) is 0. The summed E-state index contributed by atoms with van der Waals surface area (Å²) in [5.41, 5.74) is 5.79. The number of nitrogens with one attached hydrogen (secondary N) is 1. The monoisotopic (exact) mass is 347 g/mol. The molecule has 3 N–H and O–H groups in total. The largest absolute Gasteiger partial charge is 0.382 e. The van der Waals surface area contributed by atoms with Gasteiger partial charge in [-0.2, -0.15) is 0 Å². The highest BCUT2D eigenvalue weighted by Gasteiger charge is 2.24. The molecule has 0 spiro atoms. The quantitative estimate of drug-likeness (QED) is 0.880. The van der Waals surface area contributed by atoms with E-state index in [1.165, 1.54) is 30.6 Å². The van der Waals surface area contributed by atoms with E-state index in [1.807, 2.05) is 4.90 Å². The highest BCUT2D eigenvalue weighted by atomic mass is 19.1. The lowest BCUT2D eigenvalue weighted by Gasteiger charge is -2.33. The number of nitrogen functional groups attached to an aromatic ring is 1. The summed E-state index contributed by atoms with van der Waals surface area (Å²) in [6.45, 7) is 1.38. The minimum absolute atomic E-state index is 0.0487. The van der Waals surface area contributed by atoms with E-state index in [9.17, 15) is 13.6 Å². The van der Waals surface area contributed by atoms with Gasteiger partial charge in [-0.05, 0) is 31.5 Å². The predicted octanol–water partition coefficient (Wildman–Crippen LogP) is 1.73. The fourth-order valence-corrected chi connectivity index (χ4v) is 3.00. The van der Waals surface area contributed by atoms with Crippen LogP contribution < -0.4 is 11.1 Å². The van der Waals surface area contributed by atoms with E-state index >= 15 is 0 Å². The fourth-order valence-electron chi connectivity index (χ4n) is 3.00. The lowest BCUT2D eigenvalue weighted by atomic mass is 10.0. The molecule has 8 heteroatoms. The van der Waals surface area contributed by atoms with E-state index in [-0.39, 0.29) is 29.7 Å². The third-order valence-corrected chi connectivity index (χ3v) is 4.23. The molecule has 0 bridgehead atoms. The van der Waals surface area contributed by atoms with Crippen molar-refractivity contribution in [1.82, 2.24) is 20.2 Å². The minimum Gasteiger partial charge on any atom is -0.382 e. The Bertz CT molecular complexity index is 750. The van der Waals surface area contributed by atoms with Gasteiger partial charge in [0.2, 0.25) is 0 Å². The van der Waals surface area contributed by atoms with Crippen LogP contribution in [0.1, 0.15) is 28.9 Å². The first kappa shape index (κ1) is 17.2. The van der Waals surface area contributed by atoms with Gasteiger partial charge in [0.05, 0.1) is 0 Å². The number of likely N-dealkylation sites (tertiary alicyclic amines) is 1. The number of piperidine rings is 1. The average Bonchev–Trinajstić information content (AvgIpc) is 2.59. The van der Waals surface area contributed by atoms with Crippen LogP contribution in [0.3, 0.4) is 0 Å². The molecule has 3 rings (SSSR count). The Labute approximate surface area is 144 Å². The van der Waals surface area contributed by atoms with Gasteiger partial charge in [-0.1, -0.05) is 6.07 Å². The number of anilines is 1. The van der Waals surface area contributed by atoms with E-state index in [2.05, 4.69) is 15.3 Å². The lowest BCUT2D eigenvalue weighted by molar-refractivity contribution is 0.0895. The standard InChI is InChI=1S/C17H19F2N5O/c18-13-4-1-5-14(19)12(13)10-24-8-2-3-11(9-24)23-17(25)15-16(20)22-7-6-21-15/h1,4-7,11H,2-3,8-10H2,(H2,20,22)(H,23,25)/t11-/m0/s1. The maximum Gasteiger partial charge on any atom is 0.273 e. The van der Waals surface area contributed by atoms with Crippen molar-refractivity contribution >= 4 is 11.7 Å². The second kappa shape index (κ2) is 7.52. The Hall–Kier alpha value is -2.61. The summed E-state index contributed by atoms with van der Waals surface area (Å²) < 4.78 is 27.6. The highest BCUT2D eigenvalue weighted by Crippen LogP contribution is 2.18. The Kier molecular flexibility index (Phi) is 5.18. The molecule has 2 aromatic rings. The number of hydrogen-bond acceptors (Lipinski definition) is 5. The van der Waals surface area contributed by atoms with Gasteiger partial charge >= 0.3 is 0 Å². The van der Waals surface area contributed by atoms with Gasteiger partial charge in [0.1, 0.15) is 11.6 Å². The van der Waals surface area contributed by atoms with E-state index in [0.29, 0.717) is 13.1 Å². The predicted molar refractivity (Wildman–Crippen MR) is 88.6 cm³/mol. The second-order valence-electron chi connectivity index (χ2n) is 6.04. The zero-order chi connectivity index (χ0) is 17.8. The summed E-state index contributed by atoms with van der Waals surface area (Å²) >= 11 is 0. The van der Waals surface area contributed by atoms with Crippen LogP contribution >= 0.6 is 0 Å². The number of carbonyl (C=O) groups excluding carboxylic acids is 1.